The number of piperazine rings is 1. The van der Waals surface area contributed by atoms with Gasteiger partial charge in [0, 0.05) is 50.9 Å². The molecule has 4 rings (SSSR count). The van der Waals surface area contributed by atoms with Crippen LogP contribution in [-0.2, 0) is 20.7 Å². The number of anilines is 2. The van der Waals surface area contributed by atoms with Gasteiger partial charge in [-0.25, -0.2) is 4.98 Å². The van der Waals surface area contributed by atoms with E-state index in [2.05, 4.69) is 20.9 Å². The maximum absolute atomic E-state index is 11.9. The zero-order chi connectivity index (χ0) is 21.1. The van der Waals surface area contributed by atoms with E-state index in [0.717, 1.165) is 60.9 Å². The fourth-order valence-electron chi connectivity index (χ4n) is 3.99. The van der Waals surface area contributed by atoms with Crippen LogP contribution in [0.15, 0.2) is 30.6 Å². The molecule has 1 fully saturated rings. The summed E-state index contributed by atoms with van der Waals surface area (Å²) in [4.78, 5) is 38.9. The fraction of sp³-hybridized carbons (Fsp3) is 0.455. The third kappa shape index (κ3) is 4.28. The minimum absolute atomic E-state index is 0.152. The molecule has 30 heavy (non-hydrogen) atoms. The van der Waals surface area contributed by atoms with Crippen LogP contribution in [0.2, 0.25) is 0 Å². The van der Waals surface area contributed by atoms with E-state index < -0.39 is 0 Å². The van der Waals surface area contributed by atoms with Crippen molar-refractivity contribution in [3.63, 3.8) is 0 Å². The van der Waals surface area contributed by atoms with Crippen LogP contribution in [0.3, 0.4) is 0 Å². The molecule has 3 heterocycles. The Bertz CT molecular complexity index is 940. The zero-order valence-electron chi connectivity index (χ0n) is 17.5. The monoisotopic (exact) mass is 409 g/mol. The zero-order valence-corrected chi connectivity index (χ0v) is 17.5. The molecular weight excluding hydrogens is 382 g/mol. The number of aryl methyl sites for hydroxylation is 1. The van der Waals surface area contributed by atoms with E-state index in [0.29, 0.717) is 19.6 Å². The first kappa shape index (κ1) is 20.3. The smallest absolute Gasteiger partial charge is 0.320 e. The first-order chi connectivity index (χ1) is 14.5. The molecule has 8 nitrogen and oxygen atoms in total. The number of hydrogen-bond donors (Lipinski definition) is 0. The number of nitrogens with zero attached hydrogens (tertiary/aromatic N) is 5. The summed E-state index contributed by atoms with van der Waals surface area (Å²) in [6.45, 7) is 5.70. The molecule has 0 saturated carbocycles. The van der Waals surface area contributed by atoms with Crippen molar-refractivity contribution in [3.8, 4) is 11.3 Å². The summed E-state index contributed by atoms with van der Waals surface area (Å²) < 4.78 is 5.03. The predicted molar refractivity (Wildman–Crippen MR) is 114 cm³/mol. The van der Waals surface area contributed by atoms with Gasteiger partial charge in [-0.3, -0.25) is 19.5 Å². The van der Waals surface area contributed by atoms with Crippen molar-refractivity contribution in [2.75, 3.05) is 56.2 Å². The summed E-state index contributed by atoms with van der Waals surface area (Å²) in [7, 11) is 1.82. The molecule has 0 atom stereocenters. The van der Waals surface area contributed by atoms with Crippen LogP contribution in [0.5, 0.6) is 0 Å². The SMILES string of the molecule is CCOC(=O)CN1CCN(c2cncc(-c3ccc4c(c3)CCC(=O)N4C)n2)CC1. The van der Waals surface area contributed by atoms with Gasteiger partial charge in [0.25, 0.3) is 0 Å². The number of amides is 1. The quantitative estimate of drug-likeness (QED) is 0.696. The Labute approximate surface area is 176 Å². The lowest BCUT2D eigenvalue weighted by atomic mass is 9.98. The average Bonchev–Trinajstić information content (AvgIpc) is 2.77. The summed E-state index contributed by atoms with van der Waals surface area (Å²) >= 11 is 0. The van der Waals surface area contributed by atoms with Gasteiger partial charge in [-0.2, -0.15) is 0 Å². The van der Waals surface area contributed by atoms with Crippen LogP contribution < -0.4 is 9.80 Å². The summed E-state index contributed by atoms with van der Waals surface area (Å²) in [6.07, 6.45) is 4.85. The Kier molecular flexibility index (Phi) is 5.94. The molecular formula is C22H27N5O3. The number of fused-ring (bicyclic) bond motifs is 1. The average molecular weight is 409 g/mol. The second-order valence-electron chi connectivity index (χ2n) is 7.63. The van der Waals surface area contributed by atoms with Gasteiger partial charge < -0.3 is 14.5 Å². The Morgan fingerprint density at radius 3 is 2.70 bits per heavy atom. The maximum atomic E-state index is 11.9. The second-order valence-corrected chi connectivity index (χ2v) is 7.63. The van der Waals surface area contributed by atoms with Crippen molar-refractivity contribution >= 4 is 23.4 Å². The van der Waals surface area contributed by atoms with Crippen molar-refractivity contribution in [1.82, 2.24) is 14.9 Å². The summed E-state index contributed by atoms with van der Waals surface area (Å²) in [5, 5.41) is 0. The largest absolute Gasteiger partial charge is 0.465 e. The van der Waals surface area contributed by atoms with E-state index in [1.54, 1.807) is 17.3 Å². The number of hydrogen-bond acceptors (Lipinski definition) is 7. The number of carbonyl (C=O) groups excluding carboxylic acids is 2. The molecule has 1 amide bonds. The number of ether oxygens (including phenoxy) is 1. The number of aromatic nitrogens is 2. The van der Waals surface area contributed by atoms with Gasteiger partial charge in [-0.15, -0.1) is 0 Å². The molecule has 0 spiro atoms. The highest BCUT2D eigenvalue weighted by molar-refractivity contribution is 5.96. The van der Waals surface area contributed by atoms with Gasteiger partial charge in [0.1, 0.15) is 5.82 Å². The van der Waals surface area contributed by atoms with Gasteiger partial charge in [-0.1, -0.05) is 6.07 Å². The Morgan fingerprint density at radius 1 is 1.13 bits per heavy atom. The normalized spacial score (nSPS) is 17.1. The molecule has 0 unspecified atom stereocenters. The highest BCUT2D eigenvalue weighted by atomic mass is 16.5. The lowest BCUT2D eigenvalue weighted by Crippen LogP contribution is -2.48. The maximum Gasteiger partial charge on any atom is 0.320 e. The van der Waals surface area contributed by atoms with Crippen LogP contribution in [-0.4, -0.2) is 73.1 Å². The topological polar surface area (TPSA) is 78.9 Å². The van der Waals surface area contributed by atoms with Gasteiger partial charge in [0.2, 0.25) is 5.91 Å². The van der Waals surface area contributed by atoms with Crippen LogP contribution >= 0.6 is 0 Å². The van der Waals surface area contributed by atoms with Crippen molar-refractivity contribution in [2.45, 2.75) is 19.8 Å². The molecule has 2 aliphatic rings. The molecule has 0 bridgehead atoms. The van der Waals surface area contributed by atoms with Crippen molar-refractivity contribution in [3.05, 3.63) is 36.2 Å². The van der Waals surface area contributed by atoms with E-state index in [4.69, 9.17) is 9.72 Å². The third-order valence-corrected chi connectivity index (χ3v) is 5.70. The molecule has 1 aromatic carbocycles. The number of rotatable bonds is 5. The van der Waals surface area contributed by atoms with Crippen LogP contribution in [0, 0.1) is 0 Å². The third-order valence-electron chi connectivity index (χ3n) is 5.70. The molecule has 0 N–H and O–H groups in total. The van der Waals surface area contributed by atoms with Crippen molar-refractivity contribution in [2.24, 2.45) is 0 Å². The molecule has 158 valence electrons. The number of carbonyl (C=O) groups is 2. The van der Waals surface area contributed by atoms with Gasteiger partial charge in [-0.05, 0) is 31.0 Å². The first-order valence-electron chi connectivity index (χ1n) is 10.4. The molecule has 1 aromatic heterocycles. The lowest BCUT2D eigenvalue weighted by Gasteiger charge is -2.34. The summed E-state index contributed by atoms with van der Waals surface area (Å²) in [5.41, 5.74) is 3.96. The van der Waals surface area contributed by atoms with Crippen LogP contribution in [0.25, 0.3) is 11.3 Å². The van der Waals surface area contributed by atoms with Crippen LogP contribution in [0.4, 0.5) is 11.5 Å². The Balaban J connectivity index is 1.45. The van der Waals surface area contributed by atoms with E-state index in [1.807, 2.05) is 26.1 Å². The number of esters is 1. The van der Waals surface area contributed by atoms with E-state index >= 15 is 0 Å². The van der Waals surface area contributed by atoms with Gasteiger partial charge in [0.05, 0.1) is 31.2 Å². The minimum atomic E-state index is -0.174. The molecule has 0 radical (unpaired) electrons. The summed E-state index contributed by atoms with van der Waals surface area (Å²) in [5.74, 6) is 0.819. The molecule has 0 aliphatic carbocycles. The van der Waals surface area contributed by atoms with Crippen molar-refractivity contribution in [1.29, 1.82) is 0 Å². The van der Waals surface area contributed by atoms with Crippen molar-refractivity contribution < 1.29 is 14.3 Å². The highest BCUT2D eigenvalue weighted by Gasteiger charge is 2.23. The fourth-order valence-corrected chi connectivity index (χ4v) is 3.99. The second kappa shape index (κ2) is 8.79. The Morgan fingerprint density at radius 2 is 1.93 bits per heavy atom. The van der Waals surface area contributed by atoms with E-state index in [9.17, 15) is 9.59 Å². The van der Waals surface area contributed by atoms with Gasteiger partial charge in [0.15, 0.2) is 0 Å². The summed E-state index contributed by atoms with van der Waals surface area (Å²) in [6, 6.07) is 6.10. The first-order valence-corrected chi connectivity index (χ1v) is 10.4. The Hall–Kier alpha value is -3.00. The van der Waals surface area contributed by atoms with E-state index in [1.165, 1.54) is 0 Å². The molecule has 2 aliphatic heterocycles. The molecule has 8 heteroatoms. The predicted octanol–water partition coefficient (Wildman–Crippen LogP) is 1.74. The van der Waals surface area contributed by atoms with Crippen LogP contribution in [0.1, 0.15) is 18.9 Å². The van der Waals surface area contributed by atoms with Gasteiger partial charge >= 0.3 is 5.97 Å². The standard InChI is InChI=1S/C22H27N5O3/c1-3-30-22(29)15-26-8-10-27(11-9-26)20-14-23-13-18(24-20)16-4-6-19-17(12-16)5-7-21(28)25(19)2/h4,6,12-14H,3,5,7-11,15H2,1-2H3. The molecule has 1 saturated heterocycles. The minimum Gasteiger partial charge on any atom is -0.465 e. The lowest BCUT2D eigenvalue weighted by molar-refractivity contribution is -0.144. The number of benzene rings is 1. The highest BCUT2D eigenvalue weighted by Crippen LogP contribution is 2.31. The molecule has 2 aromatic rings. The van der Waals surface area contributed by atoms with E-state index in [-0.39, 0.29) is 11.9 Å².